The molecule has 0 aliphatic heterocycles. The van der Waals surface area contributed by atoms with E-state index in [0.29, 0.717) is 17.5 Å². The Hall–Kier alpha value is -2.09. The van der Waals surface area contributed by atoms with Crippen LogP contribution in [-0.2, 0) is 6.18 Å². The second kappa shape index (κ2) is 4.88. The maximum absolute atomic E-state index is 12.3. The van der Waals surface area contributed by atoms with Crippen molar-refractivity contribution in [2.75, 3.05) is 5.32 Å². The fourth-order valence-corrected chi connectivity index (χ4v) is 1.96. The molecule has 2 rings (SSSR count). The maximum Gasteiger partial charge on any atom is 0.427 e. The number of amides is 1. The number of thiazole rings is 1. The smallest absolute Gasteiger partial charge is 0.427 e. The molecule has 1 heterocycles. The number of rotatable bonds is 2. The lowest BCUT2D eigenvalue weighted by Crippen LogP contribution is -2.11. The molecule has 0 saturated heterocycles. The van der Waals surface area contributed by atoms with Gasteiger partial charge in [0.15, 0.2) is 5.13 Å². The summed E-state index contributed by atoms with van der Waals surface area (Å²) in [4.78, 5) is 14.3. The summed E-state index contributed by atoms with van der Waals surface area (Å²) in [6.07, 6.45) is -3.82. The lowest BCUT2D eigenvalue weighted by atomic mass is 10.2. The van der Waals surface area contributed by atoms with Gasteiger partial charge in [0, 0.05) is 5.56 Å². The maximum atomic E-state index is 12.3. The lowest BCUT2D eigenvalue weighted by Gasteiger charge is -2.02. The zero-order valence-electron chi connectivity index (χ0n) is 9.23. The number of hydrogen-bond acceptors (Lipinski definition) is 4. The number of aromatic nitrogens is 1. The van der Waals surface area contributed by atoms with Gasteiger partial charge in [0.05, 0.1) is 6.20 Å². The van der Waals surface area contributed by atoms with Gasteiger partial charge in [-0.3, -0.25) is 10.1 Å². The summed E-state index contributed by atoms with van der Waals surface area (Å²) in [5, 5.41) is 11.3. The van der Waals surface area contributed by atoms with E-state index in [9.17, 15) is 23.1 Å². The number of carbonyl (C=O) groups is 1. The monoisotopic (exact) mass is 288 g/mol. The lowest BCUT2D eigenvalue weighted by molar-refractivity contribution is -0.134. The van der Waals surface area contributed by atoms with E-state index in [1.54, 1.807) is 0 Å². The van der Waals surface area contributed by atoms with E-state index in [4.69, 9.17) is 0 Å². The van der Waals surface area contributed by atoms with Crippen LogP contribution in [-0.4, -0.2) is 16.0 Å². The van der Waals surface area contributed by atoms with Crippen molar-refractivity contribution in [2.45, 2.75) is 6.18 Å². The van der Waals surface area contributed by atoms with Crippen molar-refractivity contribution in [3.63, 3.8) is 0 Å². The van der Waals surface area contributed by atoms with Crippen LogP contribution in [0.5, 0.6) is 5.75 Å². The predicted molar refractivity (Wildman–Crippen MR) is 63.2 cm³/mol. The second-order valence-corrected chi connectivity index (χ2v) is 4.56. The summed E-state index contributed by atoms with van der Waals surface area (Å²) in [6.45, 7) is 0. The molecule has 0 fully saturated rings. The quantitative estimate of drug-likeness (QED) is 0.892. The normalized spacial score (nSPS) is 11.3. The molecule has 8 heteroatoms. The fourth-order valence-electron chi connectivity index (χ4n) is 1.28. The van der Waals surface area contributed by atoms with Crippen LogP contribution in [0.2, 0.25) is 0 Å². The number of alkyl halides is 3. The Morgan fingerprint density at radius 2 is 2.11 bits per heavy atom. The van der Waals surface area contributed by atoms with E-state index in [1.807, 2.05) is 0 Å². The Labute approximate surface area is 109 Å². The standard InChI is InChI=1S/C11H7F3N2O2S/c12-11(13,14)8-5-15-10(19-8)16-9(18)6-2-1-3-7(17)4-6/h1-5,17H,(H,15,16,18). The highest BCUT2D eigenvalue weighted by molar-refractivity contribution is 7.15. The molecular formula is C11H7F3N2O2S. The van der Waals surface area contributed by atoms with Gasteiger partial charge in [0.2, 0.25) is 0 Å². The Balaban J connectivity index is 2.13. The summed E-state index contributed by atoms with van der Waals surface area (Å²) >= 11 is 0.336. The number of nitrogens with one attached hydrogen (secondary N) is 1. The molecule has 19 heavy (non-hydrogen) atoms. The van der Waals surface area contributed by atoms with Crippen molar-refractivity contribution in [3.05, 3.63) is 40.9 Å². The minimum Gasteiger partial charge on any atom is -0.508 e. The molecule has 0 atom stereocenters. The fraction of sp³-hybridized carbons (Fsp3) is 0.0909. The van der Waals surface area contributed by atoms with Gasteiger partial charge < -0.3 is 5.11 Å². The van der Waals surface area contributed by atoms with Crippen LogP contribution in [0.15, 0.2) is 30.5 Å². The average Bonchev–Trinajstić information content (AvgIpc) is 2.77. The Morgan fingerprint density at radius 1 is 1.37 bits per heavy atom. The van der Waals surface area contributed by atoms with Crippen LogP contribution in [0.1, 0.15) is 15.2 Å². The van der Waals surface area contributed by atoms with E-state index >= 15 is 0 Å². The van der Waals surface area contributed by atoms with Gasteiger partial charge in [0.25, 0.3) is 5.91 Å². The molecular weight excluding hydrogens is 281 g/mol. The van der Waals surface area contributed by atoms with Crippen LogP contribution in [0.3, 0.4) is 0 Å². The van der Waals surface area contributed by atoms with Crippen LogP contribution >= 0.6 is 11.3 Å². The van der Waals surface area contributed by atoms with Crippen molar-refractivity contribution >= 4 is 22.4 Å². The highest BCUT2D eigenvalue weighted by Gasteiger charge is 2.33. The molecule has 0 radical (unpaired) electrons. The first-order valence-corrected chi connectivity index (χ1v) is 5.81. The van der Waals surface area contributed by atoms with E-state index in [-0.39, 0.29) is 16.4 Å². The molecule has 0 aliphatic carbocycles. The second-order valence-electron chi connectivity index (χ2n) is 3.53. The molecule has 0 saturated carbocycles. The largest absolute Gasteiger partial charge is 0.508 e. The number of carbonyl (C=O) groups excluding carboxylic acids is 1. The van der Waals surface area contributed by atoms with E-state index in [1.165, 1.54) is 24.3 Å². The SMILES string of the molecule is O=C(Nc1ncc(C(F)(F)F)s1)c1cccc(O)c1. The molecule has 0 bridgehead atoms. The number of nitrogens with zero attached hydrogens (tertiary/aromatic N) is 1. The number of hydrogen-bond donors (Lipinski definition) is 2. The van der Waals surface area contributed by atoms with Gasteiger partial charge in [0.1, 0.15) is 10.6 Å². The molecule has 2 aromatic rings. The Morgan fingerprint density at radius 3 is 2.68 bits per heavy atom. The molecule has 1 amide bonds. The molecule has 4 nitrogen and oxygen atoms in total. The first kappa shape index (κ1) is 13.3. The van der Waals surface area contributed by atoms with E-state index in [2.05, 4.69) is 10.3 Å². The van der Waals surface area contributed by atoms with Gasteiger partial charge in [-0.2, -0.15) is 13.2 Å². The number of phenols is 1. The van der Waals surface area contributed by atoms with Gasteiger partial charge in [-0.25, -0.2) is 4.98 Å². The van der Waals surface area contributed by atoms with Crippen molar-refractivity contribution in [2.24, 2.45) is 0 Å². The molecule has 0 aliphatic rings. The highest BCUT2D eigenvalue weighted by Crippen LogP contribution is 2.35. The topological polar surface area (TPSA) is 62.2 Å². The summed E-state index contributed by atoms with van der Waals surface area (Å²) in [5.74, 6) is -0.748. The van der Waals surface area contributed by atoms with E-state index in [0.717, 1.165) is 0 Å². The summed E-state index contributed by atoms with van der Waals surface area (Å²) in [7, 11) is 0. The Kier molecular flexibility index (Phi) is 3.43. The number of benzene rings is 1. The highest BCUT2D eigenvalue weighted by atomic mass is 32.1. The molecule has 1 aromatic heterocycles. The van der Waals surface area contributed by atoms with Crippen molar-refractivity contribution in [1.29, 1.82) is 0 Å². The minimum absolute atomic E-state index is 0.109. The predicted octanol–water partition coefficient (Wildman–Crippen LogP) is 3.12. The van der Waals surface area contributed by atoms with Crippen LogP contribution < -0.4 is 5.32 Å². The minimum atomic E-state index is -4.48. The van der Waals surface area contributed by atoms with Crippen molar-refractivity contribution < 1.29 is 23.1 Å². The number of phenolic OH excluding ortho intramolecular Hbond substituents is 1. The molecule has 0 unspecified atom stereocenters. The van der Waals surface area contributed by atoms with Gasteiger partial charge >= 0.3 is 6.18 Å². The number of halogens is 3. The number of anilines is 1. The van der Waals surface area contributed by atoms with Crippen molar-refractivity contribution in [1.82, 2.24) is 4.98 Å². The van der Waals surface area contributed by atoms with Crippen LogP contribution in [0.4, 0.5) is 18.3 Å². The Bertz CT molecular complexity index is 610. The van der Waals surface area contributed by atoms with Gasteiger partial charge in [-0.05, 0) is 18.2 Å². The third-order valence-electron chi connectivity index (χ3n) is 2.11. The zero-order chi connectivity index (χ0) is 14.0. The molecule has 100 valence electrons. The zero-order valence-corrected chi connectivity index (χ0v) is 10.0. The molecule has 1 aromatic carbocycles. The molecule has 2 N–H and O–H groups in total. The van der Waals surface area contributed by atoms with Crippen LogP contribution in [0, 0.1) is 0 Å². The van der Waals surface area contributed by atoms with Gasteiger partial charge in [-0.1, -0.05) is 17.4 Å². The van der Waals surface area contributed by atoms with Gasteiger partial charge in [-0.15, -0.1) is 0 Å². The van der Waals surface area contributed by atoms with Crippen LogP contribution in [0.25, 0.3) is 0 Å². The third-order valence-corrected chi connectivity index (χ3v) is 3.07. The summed E-state index contributed by atoms with van der Waals surface area (Å²) in [6, 6.07) is 5.45. The average molecular weight is 288 g/mol. The summed E-state index contributed by atoms with van der Waals surface area (Å²) in [5.41, 5.74) is 0.128. The number of aromatic hydroxyl groups is 1. The third kappa shape index (κ3) is 3.22. The first-order chi connectivity index (χ1) is 8.86. The molecule has 0 spiro atoms. The summed E-state index contributed by atoms with van der Waals surface area (Å²) < 4.78 is 37.0. The van der Waals surface area contributed by atoms with E-state index < -0.39 is 17.0 Å². The first-order valence-electron chi connectivity index (χ1n) is 4.99. The van der Waals surface area contributed by atoms with Crippen molar-refractivity contribution in [3.8, 4) is 5.75 Å².